The fourth-order valence-electron chi connectivity index (χ4n) is 2.10. The molecule has 0 spiro atoms. The van der Waals surface area contributed by atoms with E-state index in [0.29, 0.717) is 11.4 Å². The lowest BCUT2D eigenvalue weighted by Crippen LogP contribution is -2.15. The average molecular weight is 399 g/mol. The van der Waals surface area contributed by atoms with Crippen LogP contribution in [0.25, 0.3) is 6.08 Å². The zero-order valence-corrected chi connectivity index (χ0v) is 15.3. The van der Waals surface area contributed by atoms with Gasteiger partial charge in [-0.15, -0.1) is 11.3 Å². The van der Waals surface area contributed by atoms with Gasteiger partial charge in [0.25, 0.3) is 15.9 Å². The molecule has 8 nitrogen and oxygen atoms in total. The molecule has 27 heavy (non-hydrogen) atoms. The lowest BCUT2D eigenvalue weighted by Gasteiger charge is -2.07. The lowest BCUT2D eigenvalue weighted by molar-refractivity contribution is -0.112. The van der Waals surface area contributed by atoms with Crippen molar-refractivity contribution in [3.63, 3.8) is 0 Å². The molecule has 136 valence electrons. The number of nitrogens with one attached hydrogen (secondary N) is 3. The Morgan fingerprint density at radius 1 is 1.26 bits per heavy atom. The number of nitriles is 1. The van der Waals surface area contributed by atoms with Crippen molar-refractivity contribution in [1.82, 2.24) is 9.97 Å². The minimum absolute atomic E-state index is 0.0260. The molecule has 0 radical (unpaired) electrons. The molecular formula is C17H13N5O3S2. The summed E-state index contributed by atoms with van der Waals surface area (Å²) in [7, 11) is -3.77. The second kappa shape index (κ2) is 7.86. The molecule has 0 fully saturated rings. The highest BCUT2D eigenvalue weighted by atomic mass is 32.2. The summed E-state index contributed by atoms with van der Waals surface area (Å²) < 4.78 is 26.9. The zero-order valence-electron chi connectivity index (χ0n) is 13.7. The van der Waals surface area contributed by atoms with E-state index < -0.39 is 15.9 Å². The maximum Gasteiger partial charge on any atom is 0.266 e. The van der Waals surface area contributed by atoms with Gasteiger partial charge in [-0.2, -0.15) is 5.26 Å². The largest absolute Gasteiger partial charge is 0.362 e. The minimum atomic E-state index is -3.77. The molecule has 2 aromatic heterocycles. The summed E-state index contributed by atoms with van der Waals surface area (Å²) in [5.74, 6) is -0.594. The minimum Gasteiger partial charge on any atom is -0.362 e. The van der Waals surface area contributed by atoms with E-state index >= 15 is 0 Å². The molecule has 0 saturated carbocycles. The number of thiazole rings is 1. The Balaban J connectivity index is 1.72. The number of carbonyl (C=O) groups excluding carboxylic acids is 1. The van der Waals surface area contributed by atoms with E-state index in [0.717, 1.165) is 0 Å². The number of H-pyrrole nitrogens is 1. The van der Waals surface area contributed by atoms with Gasteiger partial charge in [-0.1, -0.05) is 0 Å². The molecule has 3 N–H and O–H groups in total. The van der Waals surface area contributed by atoms with Gasteiger partial charge in [-0.05, 0) is 42.5 Å². The first-order valence-electron chi connectivity index (χ1n) is 7.57. The molecule has 0 aliphatic heterocycles. The second-order valence-corrected chi connectivity index (χ2v) is 7.79. The van der Waals surface area contributed by atoms with Crippen LogP contribution in [-0.2, 0) is 14.8 Å². The Hall–Kier alpha value is -3.42. The summed E-state index contributed by atoms with van der Waals surface area (Å²) in [6.07, 6.45) is 4.60. The zero-order chi connectivity index (χ0) is 19.3. The van der Waals surface area contributed by atoms with Crippen LogP contribution in [-0.4, -0.2) is 24.3 Å². The smallest absolute Gasteiger partial charge is 0.266 e. The van der Waals surface area contributed by atoms with E-state index in [2.05, 4.69) is 20.0 Å². The van der Waals surface area contributed by atoms with Gasteiger partial charge in [0.15, 0.2) is 5.13 Å². The summed E-state index contributed by atoms with van der Waals surface area (Å²) in [4.78, 5) is 19.0. The SMILES string of the molecule is N#C/C(=C\c1ccc[nH]1)C(=O)Nc1ccc(S(=O)(=O)Nc2nccs2)cc1. The molecule has 1 amide bonds. The molecule has 3 aromatic rings. The fourth-order valence-corrected chi connectivity index (χ4v) is 3.89. The molecule has 0 aliphatic rings. The Morgan fingerprint density at radius 3 is 2.63 bits per heavy atom. The second-order valence-electron chi connectivity index (χ2n) is 5.22. The van der Waals surface area contributed by atoms with Crippen molar-refractivity contribution in [2.75, 3.05) is 10.0 Å². The van der Waals surface area contributed by atoms with Crippen LogP contribution in [0.5, 0.6) is 0 Å². The number of benzene rings is 1. The van der Waals surface area contributed by atoms with Crippen LogP contribution in [0, 0.1) is 11.3 Å². The van der Waals surface area contributed by atoms with Crippen LogP contribution in [0.4, 0.5) is 10.8 Å². The van der Waals surface area contributed by atoms with Gasteiger partial charge in [0.2, 0.25) is 0 Å². The number of rotatable bonds is 6. The number of aromatic amines is 1. The number of hydrogen-bond acceptors (Lipinski definition) is 6. The predicted molar refractivity (Wildman–Crippen MR) is 102 cm³/mol. The van der Waals surface area contributed by atoms with E-state index in [9.17, 15) is 13.2 Å². The first kappa shape index (κ1) is 18.4. The number of carbonyl (C=O) groups is 1. The fraction of sp³-hybridized carbons (Fsp3) is 0. The van der Waals surface area contributed by atoms with Crippen molar-refractivity contribution in [3.05, 3.63) is 65.4 Å². The number of amides is 1. The Kier molecular flexibility index (Phi) is 5.35. The topological polar surface area (TPSA) is 128 Å². The number of anilines is 2. The molecule has 1 aromatic carbocycles. The predicted octanol–water partition coefficient (Wildman–Crippen LogP) is 2.82. The van der Waals surface area contributed by atoms with Crippen molar-refractivity contribution in [2.24, 2.45) is 0 Å². The van der Waals surface area contributed by atoms with Crippen LogP contribution in [0.1, 0.15) is 5.69 Å². The Morgan fingerprint density at radius 2 is 2.04 bits per heavy atom. The van der Waals surface area contributed by atoms with E-state index in [1.165, 1.54) is 47.9 Å². The Labute approximate surface area is 159 Å². The van der Waals surface area contributed by atoms with E-state index in [1.807, 2.05) is 6.07 Å². The summed E-state index contributed by atoms with van der Waals surface area (Å²) in [6, 6.07) is 10.9. The van der Waals surface area contributed by atoms with E-state index in [1.54, 1.807) is 23.7 Å². The molecule has 0 unspecified atom stereocenters. The van der Waals surface area contributed by atoms with Gasteiger partial charge in [-0.25, -0.2) is 13.4 Å². The quantitative estimate of drug-likeness (QED) is 0.434. The maximum absolute atomic E-state index is 12.3. The van der Waals surface area contributed by atoms with Gasteiger partial charge >= 0.3 is 0 Å². The highest BCUT2D eigenvalue weighted by Crippen LogP contribution is 2.20. The average Bonchev–Trinajstić information content (AvgIpc) is 3.33. The van der Waals surface area contributed by atoms with E-state index in [-0.39, 0.29) is 15.6 Å². The first-order valence-corrected chi connectivity index (χ1v) is 9.93. The van der Waals surface area contributed by atoms with Crippen molar-refractivity contribution in [2.45, 2.75) is 4.90 Å². The highest BCUT2D eigenvalue weighted by molar-refractivity contribution is 7.93. The molecule has 2 heterocycles. The standard InChI is InChI=1S/C17H13N5O3S2/c18-11-12(10-14-2-1-7-19-14)16(23)21-13-3-5-15(6-4-13)27(24,25)22-17-20-8-9-26-17/h1-10,19H,(H,20,22)(H,21,23)/b12-10+. The van der Waals surface area contributed by atoms with Gasteiger partial charge in [-0.3, -0.25) is 9.52 Å². The molecular weight excluding hydrogens is 386 g/mol. The summed E-state index contributed by atoms with van der Waals surface area (Å²) >= 11 is 1.17. The number of nitrogens with zero attached hydrogens (tertiary/aromatic N) is 2. The molecule has 3 rings (SSSR count). The monoisotopic (exact) mass is 399 g/mol. The van der Waals surface area contributed by atoms with Crippen molar-refractivity contribution < 1.29 is 13.2 Å². The Bertz CT molecular complexity index is 1090. The number of aromatic nitrogens is 2. The van der Waals surface area contributed by atoms with Crippen LogP contribution in [0.2, 0.25) is 0 Å². The van der Waals surface area contributed by atoms with E-state index in [4.69, 9.17) is 5.26 Å². The van der Waals surface area contributed by atoms with Crippen molar-refractivity contribution in [1.29, 1.82) is 5.26 Å². The molecule has 0 aliphatic carbocycles. The van der Waals surface area contributed by atoms with Gasteiger partial charge in [0.05, 0.1) is 4.90 Å². The third kappa shape index (κ3) is 4.60. The summed E-state index contributed by atoms with van der Waals surface area (Å²) in [6.45, 7) is 0. The summed E-state index contributed by atoms with van der Waals surface area (Å²) in [5, 5.41) is 13.6. The van der Waals surface area contributed by atoms with Crippen molar-refractivity contribution >= 4 is 44.2 Å². The van der Waals surface area contributed by atoms with Gasteiger partial charge in [0.1, 0.15) is 11.6 Å². The number of hydrogen-bond donors (Lipinski definition) is 3. The third-order valence-electron chi connectivity index (χ3n) is 3.36. The molecule has 0 saturated heterocycles. The molecule has 0 bridgehead atoms. The highest BCUT2D eigenvalue weighted by Gasteiger charge is 2.16. The maximum atomic E-state index is 12.3. The molecule has 10 heteroatoms. The van der Waals surface area contributed by atoms with Crippen molar-refractivity contribution in [3.8, 4) is 6.07 Å². The van der Waals surface area contributed by atoms with Crippen LogP contribution >= 0.6 is 11.3 Å². The normalized spacial score (nSPS) is 11.6. The summed E-state index contributed by atoms with van der Waals surface area (Å²) in [5.41, 5.74) is 0.900. The van der Waals surface area contributed by atoms with Crippen LogP contribution < -0.4 is 10.0 Å². The van der Waals surface area contributed by atoms with Gasteiger partial charge in [0, 0.05) is 29.2 Å². The lowest BCUT2D eigenvalue weighted by atomic mass is 10.2. The number of sulfonamides is 1. The molecule has 0 atom stereocenters. The van der Waals surface area contributed by atoms with Crippen LogP contribution in [0.15, 0.2) is 64.6 Å². The van der Waals surface area contributed by atoms with Crippen LogP contribution in [0.3, 0.4) is 0 Å². The first-order chi connectivity index (χ1) is 13.0. The van der Waals surface area contributed by atoms with Gasteiger partial charge < -0.3 is 10.3 Å². The third-order valence-corrected chi connectivity index (χ3v) is 5.54.